The highest BCUT2D eigenvalue weighted by atomic mass is 19.1. The van der Waals surface area contributed by atoms with Gasteiger partial charge in [0.05, 0.1) is 5.69 Å². The van der Waals surface area contributed by atoms with Gasteiger partial charge in [-0.25, -0.2) is 8.78 Å². The lowest BCUT2D eigenvalue weighted by Gasteiger charge is -2.09. The molecule has 0 amide bonds. The molecule has 1 atom stereocenters. The Bertz CT molecular complexity index is 510. The summed E-state index contributed by atoms with van der Waals surface area (Å²) < 4.78 is 27.8. The first-order valence-electron chi connectivity index (χ1n) is 4.70. The number of aryl methyl sites for hydroxylation is 1. The van der Waals surface area contributed by atoms with Crippen molar-refractivity contribution in [3.05, 3.63) is 53.4 Å². The Labute approximate surface area is 91.0 Å². The Morgan fingerprint density at radius 1 is 1.31 bits per heavy atom. The lowest BCUT2D eigenvalue weighted by atomic mass is 10.1. The van der Waals surface area contributed by atoms with Crippen LogP contribution in [0.5, 0.6) is 0 Å². The molecule has 1 aromatic carbocycles. The average Bonchev–Trinajstić information content (AvgIpc) is 2.67. The fraction of sp³-hybridized carbons (Fsp3) is 0.182. The maximum absolute atomic E-state index is 13.4. The number of halogens is 2. The van der Waals surface area contributed by atoms with E-state index in [0.717, 1.165) is 18.2 Å². The Kier molecular flexibility index (Phi) is 2.70. The molecule has 16 heavy (non-hydrogen) atoms. The van der Waals surface area contributed by atoms with E-state index < -0.39 is 17.7 Å². The first kappa shape index (κ1) is 10.8. The Morgan fingerprint density at radius 3 is 2.69 bits per heavy atom. The molecule has 2 aromatic rings. The number of benzene rings is 1. The zero-order valence-electron chi connectivity index (χ0n) is 8.56. The first-order valence-corrected chi connectivity index (χ1v) is 4.70. The number of hydrogen-bond acceptors (Lipinski definition) is 2. The summed E-state index contributed by atoms with van der Waals surface area (Å²) in [5.74, 6) is -1.24. The molecule has 84 valence electrons. The van der Waals surface area contributed by atoms with Crippen LogP contribution in [0.15, 0.2) is 30.5 Å². The van der Waals surface area contributed by atoms with Crippen LogP contribution in [0.25, 0.3) is 0 Å². The van der Waals surface area contributed by atoms with Crippen LogP contribution in [0.3, 0.4) is 0 Å². The molecule has 5 heteroatoms. The topological polar surface area (TPSA) is 38.0 Å². The van der Waals surface area contributed by atoms with Crippen LogP contribution in [0.1, 0.15) is 17.4 Å². The second-order valence-corrected chi connectivity index (χ2v) is 3.48. The molecule has 1 unspecified atom stereocenters. The summed E-state index contributed by atoms with van der Waals surface area (Å²) in [6.45, 7) is 0. The largest absolute Gasteiger partial charge is 0.382 e. The lowest BCUT2D eigenvalue weighted by Crippen LogP contribution is -2.04. The highest BCUT2D eigenvalue weighted by Crippen LogP contribution is 2.23. The van der Waals surface area contributed by atoms with Crippen molar-refractivity contribution >= 4 is 0 Å². The molecule has 0 fully saturated rings. The molecule has 0 spiro atoms. The third-order valence-corrected chi connectivity index (χ3v) is 2.27. The second-order valence-electron chi connectivity index (χ2n) is 3.48. The van der Waals surface area contributed by atoms with Crippen molar-refractivity contribution in [1.29, 1.82) is 0 Å². The maximum Gasteiger partial charge on any atom is 0.129 e. The van der Waals surface area contributed by atoms with Crippen LogP contribution in [0.4, 0.5) is 8.78 Å². The minimum absolute atomic E-state index is 0.112. The SMILES string of the molecule is Cn1ccc(C(O)c2cc(F)ccc2F)n1. The highest BCUT2D eigenvalue weighted by molar-refractivity contribution is 5.27. The normalized spacial score (nSPS) is 12.8. The van der Waals surface area contributed by atoms with Gasteiger partial charge in [0.2, 0.25) is 0 Å². The van der Waals surface area contributed by atoms with E-state index in [2.05, 4.69) is 5.10 Å². The van der Waals surface area contributed by atoms with Gasteiger partial charge in [0.25, 0.3) is 0 Å². The first-order chi connectivity index (χ1) is 7.58. The number of aromatic nitrogens is 2. The summed E-state index contributed by atoms with van der Waals surface area (Å²) in [4.78, 5) is 0. The molecule has 1 aromatic heterocycles. The van der Waals surface area contributed by atoms with Crippen molar-refractivity contribution in [2.45, 2.75) is 6.10 Å². The standard InChI is InChI=1S/C11H10F2N2O/c1-15-5-4-10(14-15)11(16)8-6-7(12)2-3-9(8)13/h2-6,11,16H,1H3. The predicted molar refractivity (Wildman–Crippen MR) is 53.6 cm³/mol. The molecule has 0 aliphatic heterocycles. The molecule has 3 nitrogen and oxygen atoms in total. The highest BCUT2D eigenvalue weighted by Gasteiger charge is 2.17. The van der Waals surface area contributed by atoms with Crippen molar-refractivity contribution in [2.24, 2.45) is 7.05 Å². The molecular formula is C11H10F2N2O. The fourth-order valence-corrected chi connectivity index (χ4v) is 1.46. The Hall–Kier alpha value is -1.75. The Morgan fingerprint density at radius 2 is 2.06 bits per heavy atom. The van der Waals surface area contributed by atoms with Gasteiger partial charge in [-0.3, -0.25) is 4.68 Å². The summed E-state index contributed by atoms with van der Waals surface area (Å²) in [6.07, 6.45) is 0.368. The van der Waals surface area contributed by atoms with Crippen molar-refractivity contribution < 1.29 is 13.9 Å². The molecular weight excluding hydrogens is 214 g/mol. The van der Waals surface area contributed by atoms with Crippen LogP contribution in [-0.2, 0) is 7.05 Å². The van der Waals surface area contributed by atoms with Gasteiger partial charge in [0, 0.05) is 18.8 Å². The van der Waals surface area contributed by atoms with Crippen LogP contribution in [0.2, 0.25) is 0 Å². The number of rotatable bonds is 2. The molecule has 0 radical (unpaired) electrons. The van der Waals surface area contributed by atoms with Crippen molar-refractivity contribution in [2.75, 3.05) is 0 Å². The van der Waals surface area contributed by atoms with E-state index in [1.165, 1.54) is 4.68 Å². The summed E-state index contributed by atoms with van der Waals surface area (Å²) >= 11 is 0. The molecule has 1 N–H and O–H groups in total. The third-order valence-electron chi connectivity index (χ3n) is 2.27. The summed E-state index contributed by atoms with van der Waals surface area (Å²) in [5.41, 5.74) is 0.172. The van der Waals surface area contributed by atoms with Crippen LogP contribution in [-0.4, -0.2) is 14.9 Å². The fourth-order valence-electron chi connectivity index (χ4n) is 1.46. The number of hydrogen-bond donors (Lipinski definition) is 1. The van der Waals surface area contributed by atoms with E-state index >= 15 is 0 Å². The van der Waals surface area contributed by atoms with Gasteiger partial charge >= 0.3 is 0 Å². The zero-order valence-corrected chi connectivity index (χ0v) is 8.56. The minimum atomic E-state index is -1.25. The Balaban J connectivity index is 2.40. The van der Waals surface area contributed by atoms with Gasteiger partial charge in [0.1, 0.15) is 17.7 Å². The van der Waals surface area contributed by atoms with E-state index in [4.69, 9.17) is 0 Å². The molecule has 2 rings (SSSR count). The van der Waals surface area contributed by atoms with E-state index in [-0.39, 0.29) is 11.3 Å². The van der Waals surface area contributed by atoms with Gasteiger partial charge in [0.15, 0.2) is 0 Å². The van der Waals surface area contributed by atoms with Gasteiger partial charge in [-0.05, 0) is 24.3 Å². The molecule has 1 heterocycles. The van der Waals surface area contributed by atoms with Gasteiger partial charge < -0.3 is 5.11 Å². The number of nitrogens with zero attached hydrogens (tertiary/aromatic N) is 2. The van der Waals surface area contributed by atoms with Gasteiger partial charge in [-0.15, -0.1) is 0 Å². The van der Waals surface area contributed by atoms with E-state index in [0.29, 0.717) is 0 Å². The smallest absolute Gasteiger partial charge is 0.129 e. The summed E-state index contributed by atoms with van der Waals surface area (Å²) in [7, 11) is 1.68. The minimum Gasteiger partial charge on any atom is -0.382 e. The molecule has 0 bridgehead atoms. The van der Waals surface area contributed by atoms with Crippen LogP contribution < -0.4 is 0 Å². The number of aliphatic hydroxyl groups excluding tert-OH is 1. The second kappa shape index (κ2) is 4.02. The third kappa shape index (κ3) is 1.94. The molecule has 0 saturated heterocycles. The quantitative estimate of drug-likeness (QED) is 0.844. The molecule has 0 saturated carbocycles. The summed E-state index contributed by atoms with van der Waals surface area (Å²) in [6, 6.07) is 4.50. The maximum atomic E-state index is 13.4. The van der Waals surface area contributed by atoms with E-state index in [1.807, 2.05) is 0 Å². The van der Waals surface area contributed by atoms with E-state index in [9.17, 15) is 13.9 Å². The van der Waals surface area contributed by atoms with Gasteiger partial charge in [-0.1, -0.05) is 0 Å². The summed E-state index contributed by atoms with van der Waals surface area (Å²) in [5, 5.41) is 13.8. The van der Waals surface area contributed by atoms with Crippen molar-refractivity contribution in [3.63, 3.8) is 0 Å². The van der Waals surface area contributed by atoms with Gasteiger partial charge in [-0.2, -0.15) is 5.10 Å². The zero-order chi connectivity index (χ0) is 11.7. The molecule has 0 aliphatic carbocycles. The monoisotopic (exact) mass is 224 g/mol. The van der Waals surface area contributed by atoms with E-state index in [1.54, 1.807) is 19.3 Å². The van der Waals surface area contributed by atoms with Crippen molar-refractivity contribution in [3.8, 4) is 0 Å². The molecule has 0 aliphatic rings. The van der Waals surface area contributed by atoms with Crippen LogP contribution >= 0.6 is 0 Å². The predicted octanol–water partition coefficient (Wildman–Crippen LogP) is 1.78. The average molecular weight is 224 g/mol. The number of aliphatic hydroxyl groups is 1. The van der Waals surface area contributed by atoms with Crippen molar-refractivity contribution in [1.82, 2.24) is 9.78 Å². The van der Waals surface area contributed by atoms with Crippen LogP contribution in [0, 0.1) is 11.6 Å². The lowest BCUT2D eigenvalue weighted by molar-refractivity contribution is 0.208.